The maximum absolute atomic E-state index is 11.5. The molecule has 8 nitrogen and oxygen atoms in total. The van der Waals surface area contributed by atoms with E-state index in [9.17, 15) is 9.59 Å². The summed E-state index contributed by atoms with van der Waals surface area (Å²) in [7, 11) is 1.39. The summed E-state index contributed by atoms with van der Waals surface area (Å²) in [4.78, 5) is 22.7. The number of rotatable bonds is 4. The molecule has 0 saturated heterocycles. The number of primary amides is 1. The second-order valence-corrected chi connectivity index (χ2v) is 4.10. The highest BCUT2D eigenvalue weighted by Crippen LogP contribution is 2.25. The number of hydroxylamine groups is 1. The molecule has 0 spiro atoms. The van der Waals surface area contributed by atoms with E-state index in [1.165, 1.54) is 18.5 Å². The molecule has 0 aliphatic rings. The molecular formula is C9H12N4O4S. The van der Waals surface area contributed by atoms with E-state index in [-0.39, 0.29) is 5.84 Å². The third-order valence-corrected chi connectivity index (χ3v) is 2.97. The fraction of sp³-hybridized carbons (Fsp3) is 0.222. The first-order valence-electron chi connectivity index (χ1n) is 4.74. The van der Waals surface area contributed by atoms with Crippen LogP contribution >= 0.6 is 11.3 Å². The first-order valence-corrected chi connectivity index (χ1v) is 5.62. The molecule has 1 atom stereocenters. The van der Waals surface area contributed by atoms with Gasteiger partial charge in [-0.15, -0.1) is 11.3 Å². The zero-order valence-electron chi connectivity index (χ0n) is 9.39. The largest absolute Gasteiger partial charge is 0.430 e. The number of nitrogens with one attached hydrogen (secondary N) is 3. The predicted octanol–water partition coefficient (Wildman–Crippen LogP) is -0.0653. The SMILES string of the molecule is CNC(=O)C(OC(N)=O)c1cc(C(=N)NO)cs1. The molecular weight excluding hydrogens is 260 g/mol. The van der Waals surface area contributed by atoms with Crippen LogP contribution in [0, 0.1) is 5.41 Å². The molecule has 1 unspecified atom stereocenters. The molecule has 9 heteroatoms. The summed E-state index contributed by atoms with van der Waals surface area (Å²) in [6.07, 6.45) is -2.24. The Kier molecular flexibility index (Phi) is 4.63. The number of hydrogen-bond donors (Lipinski definition) is 5. The Morgan fingerprint density at radius 2 is 2.28 bits per heavy atom. The van der Waals surface area contributed by atoms with Gasteiger partial charge in [-0.05, 0) is 6.07 Å². The van der Waals surface area contributed by atoms with Crippen molar-refractivity contribution in [3.8, 4) is 0 Å². The first kappa shape index (κ1) is 13.9. The number of hydrogen-bond acceptors (Lipinski definition) is 6. The van der Waals surface area contributed by atoms with Crippen molar-refractivity contribution in [3.05, 3.63) is 21.9 Å². The lowest BCUT2D eigenvalue weighted by Gasteiger charge is -2.12. The van der Waals surface area contributed by atoms with E-state index in [1.54, 1.807) is 5.48 Å². The average Bonchev–Trinajstić information content (AvgIpc) is 2.83. The van der Waals surface area contributed by atoms with Gasteiger partial charge in [-0.3, -0.25) is 20.9 Å². The average molecular weight is 272 g/mol. The highest BCUT2D eigenvalue weighted by atomic mass is 32.1. The summed E-state index contributed by atoms with van der Waals surface area (Å²) >= 11 is 1.10. The Hall–Kier alpha value is -2.13. The summed E-state index contributed by atoms with van der Waals surface area (Å²) in [6, 6.07) is 1.44. The van der Waals surface area contributed by atoms with Crippen LogP contribution in [0.1, 0.15) is 16.5 Å². The van der Waals surface area contributed by atoms with Crippen LogP contribution in [0.15, 0.2) is 11.4 Å². The number of carbonyl (C=O) groups is 2. The van der Waals surface area contributed by atoms with Crippen LogP contribution in [0.5, 0.6) is 0 Å². The smallest absolute Gasteiger partial charge is 0.405 e. The number of ether oxygens (including phenoxy) is 1. The Morgan fingerprint density at radius 3 is 2.78 bits per heavy atom. The summed E-state index contributed by atoms with van der Waals surface area (Å²) in [6.45, 7) is 0. The standard InChI is InChI=1S/C9H12N4O4S/c1-12-8(14)6(17-9(11)15)5-2-4(3-18-5)7(10)13-16/h2-3,6,16H,1H3,(H2,10,13)(H2,11,15)(H,12,14). The molecule has 0 aromatic carbocycles. The quantitative estimate of drug-likeness (QED) is 0.297. The van der Waals surface area contributed by atoms with Gasteiger partial charge in [-0.2, -0.15) is 0 Å². The molecule has 1 heterocycles. The maximum atomic E-state index is 11.5. The minimum absolute atomic E-state index is 0.229. The molecule has 98 valence electrons. The molecule has 0 saturated carbocycles. The number of nitrogens with two attached hydrogens (primary N) is 1. The lowest BCUT2D eigenvalue weighted by molar-refractivity contribution is -0.129. The van der Waals surface area contributed by atoms with Crippen LogP contribution in [0.2, 0.25) is 0 Å². The number of likely N-dealkylation sites (N-methyl/N-ethyl adjacent to an activating group) is 1. The number of amidine groups is 1. The van der Waals surface area contributed by atoms with Crippen LogP contribution in [-0.2, 0) is 9.53 Å². The van der Waals surface area contributed by atoms with Gasteiger partial charge < -0.3 is 15.8 Å². The van der Waals surface area contributed by atoms with Crippen molar-refractivity contribution < 1.29 is 19.5 Å². The highest BCUT2D eigenvalue weighted by Gasteiger charge is 2.25. The van der Waals surface area contributed by atoms with E-state index in [0.717, 1.165) is 11.3 Å². The predicted molar refractivity (Wildman–Crippen MR) is 63.5 cm³/mol. The van der Waals surface area contributed by atoms with E-state index in [1.807, 2.05) is 0 Å². The molecule has 18 heavy (non-hydrogen) atoms. The van der Waals surface area contributed by atoms with Crippen molar-refractivity contribution in [1.82, 2.24) is 10.8 Å². The van der Waals surface area contributed by atoms with Gasteiger partial charge in [-0.25, -0.2) is 4.79 Å². The lowest BCUT2D eigenvalue weighted by atomic mass is 10.2. The van der Waals surface area contributed by atoms with Gasteiger partial charge in [0.15, 0.2) is 0 Å². The summed E-state index contributed by atoms with van der Waals surface area (Å²) < 4.78 is 4.70. The zero-order valence-corrected chi connectivity index (χ0v) is 10.2. The van der Waals surface area contributed by atoms with Crippen LogP contribution in [-0.4, -0.2) is 30.1 Å². The second-order valence-electron chi connectivity index (χ2n) is 3.16. The van der Waals surface area contributed by atoms with E-state index in [2.05, 4.69) is 5.32 Å². The number of amides is 2. The Bertz CT molecular complexity index is 473. The van der Waals surface area contributed by atoms with Gasteiger partial charge in [0.1, 0.15) is 5.84 Å². The number of carbonyl (C=O) groups excluding carboxylic acids is 2. The Morgan fingerprint density at radius 1 is 1.61 bits per heavy atom. The molecule has 1 rings (SSSR count). The highest BCUT2D eigenvalue weighted by molar-refractivity contribution is 7.10. The van der Waals surface area contributed by atoms with Crippen molar-refractivity contribution >= 4 is 29.2 Å². The van der Waals surface area contributed by atoms with Gasteiger partial charge in [0.2, 0.25) is 6.10 Å². The van der Waals surface area contributed by atoms with Crippen molar-refractivity contribution in [2.75, 3.05) is 7.05 Å². The maximum Gasteiger partial charge on any atom is 0.405 e. The summed E-state index contributed by atoms with van der Waals surface area (Å²) in [5.74, 6) is -0.766. The second kappa shape index (κ2) is 5.98. The van der Waals surface area contributed by atoms with Gasteiger partial charge in [-0.1, -0.05) is 0 Å². The molecule has 6 N–H and O–H groups in total. The number of thiophene rings is 1. The van der Waals surface area contributed by atoms with Gasteiger partial charge >= 0.3 is 6.09 Å². The molecule has 2 amide bonds. The van der Waals surface area contributed by atoms with Gasteiger partial charge in [0, 0.05) is 18.0 Å². The normalized spacial score (nSPS) is 11.4. The van der Waals surface area contributed by atoms with Crippen LogP contribution in [0.4, 0.5) is 4.79 Å². The van der Waals surface area contributed by atoms with Crippen molar-refractivity contribution in [2.45, 2.75) is 6.10 Å². The summed E-state index contributed by atoms with van der Waals surface area (Å²) in [5.41, 5.74) is 6.92. The van der Waals surface area contributed by atoms with Gasteiger partial charge in [0.05, 0.1) is 4.88 Å². The molecule has 1 aromatic heterocycles. The fourth-order valence-electron chi connectivity index (χ4n) is 1.17. The third-order valence-electron chi connectivity index (χ3n) is 2.00. The first-order chi connectivity index (χ1) is 8.49. The van der Waals surface area contributed by atoms with E-state index in [4.69, 9.17) is 21.1 Å². The van der Waals surface area contributed by atoms with Crippen LogP contribution in [0.3, 0.4) is 0 Å². The molecule has 1 aromatic rings. The minimum atomic E-state index is -1.17. The van der Waals surface area contributed by atoms with E-state index in [0.29, 0.717) is 10.4 Å². The molecule has 0 radical (unpaired) electrons. The zero-order chi connectivity index (χ0) is 13.7. The van der Waals surface area contributed by atoms with Crippen LogP contribution < -0.4 is 16.5 Å². The van der Waals surface area contributed by atoms with Crippen molar-refractivity contribution in [1.29, 1.82) is 5.41 Å². The van der Waals surface area contributed by atoms with E-state index >= 15 is 0 Å². The third kappa shape index (κ3) is 3.18. The van der Waals surface area contributed by atoms with Gasteiger partial charge in [0.25, 0.3) is 5.91 Å². The lowest BCUT2D eigenvalue weighted by Crippen LogP contribution is -2.30. The molecule has 0 bridgehead atoms. The molecule has 0 fully saturated rings. The Labute approximate surface area is 106 Å². The van der Waals surface area contributed by atoms with Crippen LogP contribution in [0.25, 0.3) is 0 Å². The van der Waals surface area contributed by atoms with Crippen molar-refractivity contribution in [2.24, 2.45) is 5.73 Å². The molecule has 0 aliphatic carbocycles. The monoisotopic (exact) mass is 272 g/mol. The summed E-state index contributed by atoms with van der Waals surface area (Å²) in [5, 5.41) is 19.8. The fourth-order valence-corrected chi connectivity index (χ4v) is 2.10. The minimum Gasteiger partial charge on any atom is -0.430 e. The van der Waals surface area contributed by atoms with Crippen molar-refractivity contribution in [3.63, 3.8) is 0 Å². The topological polar surface area (TPSA) is 138 Å². The van der Waals surface area contributed by atoms with E-state index < -0.39 is 18.1 Å². The molecule has 0 aliphatic heterocycles. The Balaban J connectivity index is 2.98.